The number of hydrogen-bond acceptors (Lipinski definition) is 5. The average Bonchev–Trinajstić information content (AvgIpc) is 3.36. The highest BCUT2D eigenvalue weighted by Gasteiger charge is 2.33. The molecule has 1 aromatic rings. The molecule has 0 radical (unpaired) electrons. The number of carbonyl (C=O) groups is 2. The van der Waals surface area contributed by atoms with E-state index in [0.717, 1.165) is 32.2 Å². The summed E-state index contributed by atoms with van der Waals surface area (Å²) in [5.74, 6) is -5.58. The van der Waals surface area contributed by atoms with Gasteiger partial charge in [-0.25, -0.2) is 8.78 Å². The second kappa shape index (κ2) is 7.83. The van der Waals surface area contributed by atoms with E-state index in [1.54, 1.807) is 6.92 Å². The summed E-state index contributed by atoms with van der Waals surface area (Å²) in [6, 6.07) is 0.789. The van der Waals surface area contributed by atoms with Gasteiger partial charge >= 0.3 is 5.97 Å². The Kier molecular flexibility index (Phi) is 6.04. The molecule has 5 nitrogen and oxygen atoms in total. The standard InChI is InChI=1S/C16H16BrF2NO4/c1-3-24-16(22)10(7-20-8-4-5-8)14(21)9-6-11(18)12(17)15(23-2)13(9)19/h6-8,10H,3-5H2,1-2H3. The molecule has 0 saturated heterocycles. The summed E-state index contributed by atoms with van der Waals surface area (Å²) in [4.78, 5) is 28.7. The minimum atomic E-state index is -1.43. The molecule has 1 aliphatic carbocycles. The number of halogens is 3. The van der Waals surface area contributed by atoms with E-state index in [1.807, 2.05) is 0 Å². The Morgan fingerprint density at radius 2 is 2.12 bits per heavy atom. The first-order valence-corrected chi connectivity index (χ1v) is 8.15. The summed E-state index contributed by atoms with van der Waals surface area (Å²) in [5, 5.41) is 0. The third-order valence-corrected chi connectivity index (χ3v) is 4.14. The molecule has 2 rings (SSSR count). The first-order chi connectivity index (χ1) is 11.4. The maximum absolute atomic E-state index is 14.4. The molecule has 0 aromatic heterocycles. The van der Waals surface area contributed by atoms with Crippen LogP contribution in [-0.2, 0) is 9.53 Å². The van der Waals surface area contributed by atoms with Gasteiger partial charge in [0.2, 0.25) is 0 Å². The predicted octanol–water partition coefficient (Wildman–Crippen LogP) is 3.33. The fourth-order valence-electron chi connectivity index (χ4n) is 2.01. The summed E-state index contributed by atoms with van der Waals surface area (Å²) in [6.45, 7) is 1.64. The van der Waals surface area contributed by atoms with Crippen LogP contribution in [0.2, 0.25) is 0 Å². The van der Waals surface area contributed by atoms with Crippen molar-refractivity contribution < 1.29 is 27.8 Å². The van der Waals surface area contributed by atoms with Crippen LogP contribution in [0.25, 0.3) is 0 Å². The highest BCUT2D eigenvalue weighted by Crippen LogP contribution is 2.34. The van der Waals surface area contributed by atoms with Gasteiger partial charge in [0.05, 0.1) is 23.8 Å². The maximum atomic E-state index is 14.4. The van der Waals surface area contributed by atoms with E-state index in [2.05, 4.69) is 20.9 Å². The quantitative estimate of drug-likeness (QED) is 0.230. The molecule has 1 saturated carbocycles. The zero-order valence-corrected chi connectivity index (χ0v) is 14.7. The number of ether oxygens (including phenoxy) is 2. The van der Waals surface area contributed by atoms with Crippen molar-refractivity contribution in [2.45, 2.75) is 25.8 Å². The van der Waals surface area contributed by atoms with Crippen molar-refractivity contribution in [2.24, 2.45) is 10.9 Å². The van der Waals surface area contributed by atoms with Gasteiger partial charge in [-0.3, -0.25) is 14.6 Å². The van der Waals surface area contributed by atoms with Crippen LogP contribution in [0.5, 0.6) is 5.75 Å². The minimum absolute atomic E-state index is 0.0559. The van der Waals surface area contributed by atoms with Gasteiger partial charge in [0.1, 0.15) is 5.82 Å². The highest BCUT2D eigenvalue weighted by atomic mass is 79.9. The van der Waals surface area contributed by atoms with Crippen LogP contribution in [0.15, 0.2) is 15.5 Å². The number of esters is 1. The molecule has 0 amide bonds. The highest BCUT2D eigenvalue weighted by molar-refractivity contribution is 9.10. The smallest absolute Gasteiger partial charge is 0.322 e. The predicted molar refractivity (Wildman–Crippen MR) is 86.6 cm³/mol. The molecule has 24 heavy (non-hydrogen) atoms. The van der Waals surface area contributed by atoms with Crippen molar-refractivity contribution in [3.05, 3.63) is 27.7 Å². The van der Waals surface area contributed by atoms with Gasteiger partial charge in [-0.05, 0) is 41.8 Å². The lowest BCUT2D eigenvalue weighted by molar-refractivity contribution is -0.143. The van der Waals surface area contributed by atoms with Crippen LogP contribution in [-0.4, -0.2) is 37.7 Å². The molecule has 1 aliphatic rings. The molecule has 1 unspecified atom stereocenters. The van der Waals surface area contributed by atoms with Crippen LogP contribution >= 0.6 is 15.9 Å². The van der Waals surface area contributed by atoms with Crippen molar-refractivity contribution in [1.29, 1.82) is 0 Å². The average molecular weight is 404 g/mol. The Hall–Kier alpha value is -1.83. The zero-order valence-electron chi connectivity index (χ0n) is 13.1. The van der Waals surface area contributed by atoms with Crippen LogP contribution in [0, 0.1) is 17.6 Å². The van der Waals surface area contributed by atoms with Gasteiger partial charge < -0.3 is 9.47 Å². The second-order valence-corrected chi connectivity index (χ2v) is 5.98. The van der Waals surface area contributed by atoms with Gasteiger partial charge in [-0.15, -0.1) is 0 Å². The first-order valence-electron chi connectivity index (χ1n) is 7.36. The summed E-state index contributed by atoms with van der Waals surface area (Å²) in [7, 11) is 1.15. The van der Waals surface area contributed by atoms with Gasteiger partial charge in [-0.1, -0.05) is 0 Å². The number of Topliss-reactive ketones (excluding diaryl/α,β-unsaturated/α-hetero) is 1. The molecule has 0 spiro atoms. The van der Waals surface area contributed by atoms with Crippen molar-refractivity contribution in [3.63, 3.8) is 0 Å². The Balaban J connectivity index is 2.41. The summed E-state index contributed by atoms with van der Waals surface area (Å²) in [6.07, 6.45) is 2.90. The summed E-state index contributed by atoms with van der Waals surface area (Å²) < 4.78 is 37.7. The molecule has 0 N–H and O–H groups in total. The number of benzene rings is 1. The third-order valence-electron chi connectivity index (χ3n) is 3.40. The van der Waals surface area contributed by atoms with E-state index in [-0.39, 0.29) is 17.1 Å². The van der Waals surface area contributed by atoms with Gasteiger partial charge in [0.15, 0.2) is 23.3 Å². The summed E-state index contributed by atoms with van der Waals surface area (Å²) in [5.41, 5.74) is -0.590. The molecule has 130 valence electrons. The zero-order chi connectivity index (χ0) is 17.9. The molecular weight excluding hydrogens is 388 g/mol. The Morgan fingerprint density at radius 1 is 1.46 bits per heavy atom. The number of methoxy groups -OCH3 is 1. The number of hydrogen-bond donors (Lipinski definition) is 0. The molecule has 1 aromatic carbocycles. The van der Waals surface area contributed by atoms with Crippen molar-refractivity contribution in [1.82, 2.24) is 0 Å². The van der Waals surface area contributed by atoms with E-state index in [0.29, 0.717) is 0 Å². The molecule has 8 heteroatoms. The number of rotatable bonds is 7. The number of nitrogens with zero attached hydrogens (tertiary/aromatic N) is 1. The summed E-state index contributed by atoms with van der Waals surface area (Å²) >= 11 is 2.85. The maximum Gasteiger partial charge on any atom is 0.322 e. The fourth-order valence-corrected chi connectivity index (χ4v) is 2.46. The molecule has 1 fully saturated rings. The number of aliphatic imine (C=N–C) groups is 1. The van der Waals surface area contributed by atoms with Crippen LogP contribution in [0.4, 0.5) is 8.78 Å². The molecule has 0 heterocycles. The van der Waals surface area contributed by atoms with E-state index in [4.69, 9.17) is 9.47 Å². The van der Waals surface area contributed by atoms with E-state index in [1.165, 1.54) is 0 Å². The van der Waals surface area contributed by atoms with Crippen molar-refractivity contribution in [2.75, 3.05) is 13.7 Å². The minimum Gasteiger partial charge on any atom is -0.492 e. The fraction of sp³-hybridized carbons (Fsp3) is 0.438. The normalized spacial score (nSPS) is 15.4. The van der Waals surface area contributed by atoms with E-state index < -0.39 is 40.6 Å². The topological polar surface area (TPSA) is 65.0 Å². The van der Waals surface area contributed by atoms with Crippen LogP contribution in [0.1, 0.15) is 30.1 Å². The molecule has 1 atom stereocenters. The Morgan fingerprint density at radius 3 is 2.67 bits per heavy atom. The Bertz CT molecular complexity index is 689. The van der Waals surface area contributed by atoms with Crippen LogP contribution < -0.4 is 4.74 Å². The lowest BCUT2D eigenvalue weighted by Gasteiger charge is -2.13. The monoisotopic (exact) mass is 403 g/mol. The third kappa shape index (κ3) is 3.98. The van der Waals surface area contributed by atoms with Crippen molar-refractivity contribution >= 4 is 33.9 Å². The Labute approximate surface area is 146 Å². The van der Waals surface area contributed by atoms with Gasteiger partial charge in [0, 0.05) is 12.3 Å². The SMILES string of the molecule is CCOC(=O)C(C=NC1CC1)C(=O)c1cc(F)c(Br)c(OC)c1F. The van der Waals surface area contributed by atoms with Gasteiger partial charge in [0.25, 0.3) is 0 Å². The van der Waals surface area contributed by atoms with E-state index >= 15 is 0 Å². The number of carbonyl (C=O) groups excluding carboxylic acids is 2. The van der Waals surface area contributed by atoms with E-state index in [9.17, 15) is 18.4 Å². The van der Waals surface area contributed by atoms with Gasteiger partial charge in [-0.2, -0.15) is 0 Å². The second-order valence-electron chi connectivity index (χ2n) is 5.19. The first kappa shape index (κ1) is 18.5. The van der Waals surface area contributed by atoms with Crippen LogP contribution in [0.3, 0.4) is 0 Å². The molecule has 0 aliphatic heterocycles. The lowest BCUT2D eigenvalue weighted by Crippen LogP contribution is -2.29. The van der Waals surface area contributed by atoms with Crippen molar-refractivity contribution in [3.8, 4) is 5.75 Å². The lowest BCUT2D eigenvalue weighted by atomic mass is 9.97. The molecular formula is C16H16BrF2NO4. The largest absolute Gasteiger partial charge is 0.492 e. The molecule has 0 bridgehead atoms. The number of ketones is 1.